The molecule has 3 rings (SSSR count). The third-order valence-electron chi connectivity index (χ3n) is 4.07. The Balaban J connectivity index is 1.87. The van der Waals surface area contributed by atoms with Gasteiger partial charge in [0.15, 0.2) is 0 Å². The molecule has 0 bridgehead atoms. The van der Waals surface area contributed by atoms with Crippen molar-refractivity contribution in [2.75, 3.05) is 19.8 Å². The highest BCUT2D eigenvalue weighted by Crippen LogP contribution is 2.30. The topological polar surface area (TPSA) is 76.4 Å². The number of hydrogen-bond donors (Lipinski definition) is 2. The summed E-state index contributed by atoms with van der Waals surface area (Å²) < 4.78 is 45.0. The molecule has 1 aromatic heterocycles. The number of nitrogens with one attached hydrogen (secondary N) is 1. The molecule has 1 aromatic carbocycles. The first-order chi connectivity index (χ1) is 11.8. The zero-order valence-electron chi connectivity index (χ0n) is 13.1. The lowest BCUT2D eigenvalue weighted by Gasteiger charge is -2.26. The average molecular weight is 355 g/mol. The number of aromatic nitrogens is 2. The predicted octanol–water partition coefficient (Wildman–Crippen LogP) is 1.77. The monoisotopic (exact) mass is 355 g/mol. The summed E-state index contributed by atoms with van der Waals surface area (Å²) in [7, 11) is 0. The van der Waals surface area contributed by atoms with Gasteiger partial charge in [-0.25, -0.2) is 4.68 Å². The van der Waals surface area contributed by atoms with Gasteiger partial charge in [-0.1, -0.05) is 6.07 Å². The Morgan fingerprint density at radius 3 is 2.84 bits per heavy atom. The van der Waals surface area contributed by atoms with Gasteiger partial charge < -0.3 is 15.2 Å². The Labute approximate surface area is 141 Å². The Morgan fingerprint density at radius 1 is 1.40 bits per heavy atom. The second-order valence-electron chi connectivity index (χ2n) is 5.87. The van der Waals surface area contributed by atoms with Gasteiger partial charge in [-0.15, -0.1) is 0 Å². The molecule has 1 unspecified atom stereocenters. The molecule has 6 nitrogen and oxygen atoms in total. The van der Waals surface area contributed by atoms with Crippen molar-refractivity contribution in [1.29, 1.82) is 0 Å². The van der Waals surface area contributed by atoms with Crippen LogP contribution in [-0.4, -0.2) is 46.2 Å². The minimum absolute atomic E-state index is 0.116. The predicted molar refractivity (Wildman–Crippen MR) is 81.3 cm³/mol. The fourth-order valence-electron chi connectivity index (χ4n) is 2.69. The molecular formula is C16H16F3N3O3. The van der Waals surface area contributed by atoms with Gasteiger partial charge in [0.05, 0.1) is 30.6 Å². The number of aliphatic hydroxyl groups excluding tert-OH is 1. The van der Waals surface area contributed by atoms with Gasteiger partial charge in [0.2, 0.25) is 0 Å². The fraction of sp³-hybridized carbons (Fsp3) is 0.375. The van der Waals surface area contributed by atoms with Crippen LogP contribution in [0.1, 0.15) is 22.5 Å². The molecular weight excluding hydrogens is 339 g/mol. The molecule has 0 radical (unpaired) electrons. The quantitative estimate of drug-likeness (QED) is 0.877. The smallest absolute Gasteiger partial charge is 0.394 e. The van der Waals surface area contributed by atoms with Crippen LogP contribution in [-0.2, 0) is 10.9 Å². The van der Waals surface area contributed by atoms with Crippen molar-refractivity contribution in [3.05, 3.63) is 47.8 Å². The normalized spacial score (nSPS) is 20.6. The maximum absolute atomic E-state index is 13.0. The zero-order valence-corrected chi connectivity index (χ0v) is 13.1. The van der Waals surface area contributed by atoms with Crippen molar-refractivity contribution >= 4 is 5.91 Å². The van der Waals surface area contributed by atoms with Crippen molar-refractivity contribution in [2.45, 2.75) is 18.1 Å². The zero-order chi connectivity index (χ0) is 18.1. The molecule has 25 heavy (non-hydrogen) atoms. The van der Waals surface area contributed by atoms with Gasteiger partial charge in [0.25, 0.3) is 5.91 Å². The highest BCUT2D eigenvalue weighted by atomic mass is 19.4. The van der Waals surface area contributed by atoms with Crippen LogP contribution in [0, 0.1) is 0 Å². The van der Waals surface area contributed by atoms with Crippen molar-refractivity contribution in [3.8, 4) is 5.69 Å². The van der Waals surface area contributed by atoms with Gasteiger partial charge in [-0.05, 0) is 30.7 Å². The van der Waals surface area contributed by atoms with Crippen LogP contribution in [0.2, 0.25) is 0 Å². The van der Waals surface area contributed by atoms with Crippen LogP contribution in [0.3, 0.4) is 0 Å². The van der Waals surface area contributed by atoms with E-state index in [4.69, 9.17) is 4.74 Å². The first-order valence-corrected chi connectivity index (χ1v) is 7.57. The van der Waals surface area contributed by atoms with E-state index in [0.29, 0.717) is 13.0 Å². The molecule has 0 spiro atoms. The minimum Gasteiger partial charge on any atom is -0.394 e. The largest absolute Gasteiger partial charge is 0.433 e. The van der Waals surface area contributed by atoms with E-state index in [-0.39, 0.29) is 24.5 Å². The Morgan fingerprint density at radius 2 is 2.20 bits per heavy atom. The second-order valence-corrected chi connectivity index (χ2v) is 5.87. The summed E-state index contributed by atoms with van der Waals surface area (Å²) in [5, 5.41) is 15.9. The van der Waals surface area contributed by atoms with Crippen LogP contribution < -0.4 is 5.32 Å². The summed E-state index contributed by atoms with van der Waals surface area (Å²) in [6.45, 7) is 0.325. The van der Waals surface area contributed by atoms with Crippen LogP contribution in [0.5, 0.6) is 0 Å². The summed E-state index contributed by atoms with van der Waals surface area (Å²) in [6, 6.07) is 6.57. The third-order valence-corrected chi connectivity index (χ3v) is 4.07. The number of nitrogens with zero attached hydrogens (tertiary/aromatic N) is 2. The van der Waals surface area contributed by atoms with Crippen molar-refractivity contribution < 1.29 is 27.8 Å². The molecule has 2 aromatic rings. The van der Waals surface area contributed by atoms with Crippen molar-refractivity contribution in [2.24, 2.45) is 0 Å². The molecule has 1 atom stereocenters. The van der Waals surface area contributed by atoms with E-state index in [0.717, 1.165) is 16.9 Å². The number of alkyl halides is 3. The van der Waals surface area contributed by atoms with Gasteiger partial charge in [0.1, 0.15) is 5.69 Å². The fourth-order valence-corrected chi connectivity index (χ4v) is 2.69. The Bertz CT molecular complexity index is 767. The van der Waals surface area contributed by atoms with Gasteiger partial charge >= 0.3 is 6.18 Å². The number of rotatable bonds is 4. The molecule has 1 aliphatic rings. The maximum atomic E-state index is 13.0. The molecule has 0 saturated carbocycles. The first-order valence-electron chi connectivity index (χ1n) is 7.57. The summed E-state index contributed by atoms with van der Waals surface area (Å²) in [6.07, 6.45) is -3.05. The summed E-state index contributed by atoms with van der Waals surface area (Å²) in [5.74, 6) is -0.498. The van der Waals surface area contributed by atoms with Crippen LogP contribution in [0.15, 0.2) is 36.5 Å². The first kappa shape index (κ1) is 17.4. The van der Waals surface area contributed by atoms with E-state index in [1.54, 1.807) is 0 Å². The molecule has 1 saturated heterocycles. The van der Waals surface area contributed by atoms with E-state index in [1.807, 2.05) is 0 Å². The minimum atomic E-state index is -4.56. The van der Waals surface area contributed by atoms with E-state index >= 15 is 0 Å². The van der Waals surface area contributed by atoms with Crippen molar-refractivity contribution in [1.82, 2.24) is 15.1 Å². The van der Waals surface area contributed by atoms with Gasteiger partial charge in [-0.3, -0.25) is 4.79 Å². The molecule has 9 heteroatoms. The summed E-state index contributed by atoms with van der Waals surface area (Å²) >= 11 is 0. The highest BCUT2D eigenvalue weighted by molar-refractivity contribution is 5.95. The number of carbonyl (C=O) groups excluding carboxylic acids is 1. The van der Waals surface area contributed by atoms with Gasteiger partial charge in [0, 0.05) is 12.2 Å². The lowest BCUT2D eigenvalue weighted by Crippen LogP contribution is -2.52. The molecule has 2 N–H and O–H groups in total. The molecule has 1 aliphatic heterocycles. The summed E-state index contributed by atoms with van der Waals surface area (Å²) in [5.41, 5.74) is -1.51. The van der Waals surface area contributed by atoms with Crippen LogP contribution in [0.4, 0.5) is 13.2 Å². The molecule has 1 fully saturated rings. The number of benzene rings is 1. The number of aliphatic hydroxyl groups is 1. The van der Waals surface area contributed by atoms with Crippen LogP contribution in [0.25, 0.3) is 5.69 Å². The Hall–Kier alpha value is -2.39. The number of halogens is 3. The lowest BCUT2D eigenvalue weighted by atomic mass is 9.99. The molecule has 0 aliphatic carbocycles. The van der Waals surface area contributed by atoms with Crippen LogP contribution >= 0.6 is 0 Å². The standard InChI is InChI=1S/C16H16F3N3O3/c17-16(18,19)13-4-6-20-22(13)12-3-1-2-11(8-12)14(24)21-15(9-23)5-7-25-10-15/h1-4,6,8,23H,5,7,9-10H2,(H,21,24). The third kappa shape index (κ3) is 3.52. The number of ether oxygens (including phenoxy) is 1. The lowest BCUT2D eigenvalue weighted by molar-refractivity contribution is -0.142. The van der Waals surface area contributed by atoms with E-state index in [2.05, 4.69) is 10.4 Å². The SMILES string of the molecule is O=C(NC1(CO)CCOC1)c1cccc(-n2nccc2C(F)(F)F)c1. The average Bonchev–Trinajstić information content (AvgIpc) is 3.24. The molecule has 2 heterocycles. The maximum Gasteiger partial charge on any atom is 0.433 e. The second kappa shape index (κ2) is 6.49. The summed E-state index contributed by atoms with van der Waals surface area (Å²) in [4.78, 5) is 12.4. The number of carbonyl (C=O) groups is 1. The highest BCUT2D eigenvalue weighted by Gasteiger charge is 2.37. The van der Waals surface area contributed by atoms with E-state index in [1.165, 1.54) is 24.3 Å². The molecule has 1 amide bonds. The number of hydrogen-bond acceptors (Lipinski definition) is 4. The van der Waals surface area contributed by atoms with E-state index in [9.17, 15) is 23.1 Å². The van der Waals surface area contributed by atoms with Gasteiger partial charge in [-0.2, -0.15) is 18.3 Å². The Kier molecular flexibility index (Phi) is 4.53. The molecule has 134 valence electrons. The van der Waals surface area contributed by atoms with E-state index < -0.39 is 23.3 Å². The number of amides is 1. The van der Waals surface area contributed by atoms with Crippen molar-refractivity contribution in [3.63, 3.8) is 0 Å².